The zero-order chi connectivity index (χ0) is 23.0. The first kappa shape index (κ1) is 24.3. The maximum absolute atomic E-state index is 12.6. The molecule has 1 aliphatic rings. The fourth-order valence-corrected chi connectivity index (χ4v) is 3.40. The van der Waals surface area contributed by atoms with Crippen LogP contribution in [0.4, 0.5) is 4.79 Å². The van der Waals surface area contributed by atoms with E-state index in [9.17, 15) is 19.2 Å². The summed E-state index contributed by atoms with van der Waals surface area (Å²) in [5, 5.41) is -0.545. The lowest BCUT2D eigenvalue weighted by Gasteiger charge is -2.13. The Labute approximate surface area is 184 Å². The number of amides is 2. The summed E-state index contributed by atoms with van der Waals surface area (Å²) >= 11 is 0.738. The van der Waals surface area contributed by atoms with Gasteiger partial charge in [0.05, 0.1) is 24.2 Å². The molecule has 0 saturated carbocycles. The van der Waals surface area contributed by atoms with Crippen LogP contribution >= 0.6 is 11.8 Å². The molecule has 0 radical (unpaired) electrons. The average molecular weight is 451 g/mol. The van der Waals surface area contributed by atoms with E-state index in [1.54, 1.807) is 45.9 Å². The van der Waals surface area contributed by atoms with Crippen LogP contribution in [-0.2, 0) is 23.9 Å². The molecule has 0 atom stereocenters. The molecule has 0 aliphatic carbocycles. The van der Waals surface area contributed by atoms with Gasteiger partial charge in [-0.3, -0.25) is 19.3 Å². The summed E-state index contributed by atoms with van der Waals surface area (Å²) in [6.45, 7) is 6.76. The van der Waals surface area contributed by atoms with E-state index in [1.165, 1.54) is 6.08 Å². The number of imide groups is 1. The lowest BCUT2D eigenvalue weighted by molar-refractivity contribution is -0.149. The molecule has 1 fully saturated rings. The van der Waals surface area contributed by atoms with Crippen molar-refractivity contribution in [1.82, 2.24) is 4.90 Å². The number of ether oxygens (including phenoxy) is 4. The van der Waals surface area contributed by atoms with Crippen molar-refractivity contribution in [2.45, 2.75) is 33.8 Å². The van der Waals surface area contributed by atoms with Crippen LogP contribution in [0.25, 0.3) is 6.08 Å². The van der Waals surface area contributed by atoms with Crippen molar-refractivity contribution in [1.29, 1.82) is 0 Å². The van der Waals surface area contributed by atoms with Gasteiger partial charge in [-0.1, -0.05) is 6.07 Å². The second-order valence-electron chi connectivity index (χ2n) is 6.54. The largest absolute Gasteiger partial charge is 0.490 e. The van der Waals surface area contributed by atoms with E-state index in [4.69, 9.17) is 18.9 Å². The summed E-state index contributed by atoms with van der Waals surface area (Å²) in [6, 6.07) is 4.88. The zero-order valence-corrected chi connectivity index (χ0v) is 18.7. The van der Waals surface area contributed by atoms with Crippen LogP contribution in [-0.4, -0.2) is 60.5 Å². The Morgan fingerprint density at radius 2 is 1.81 bits per heavy atom. The van der Waals surface area contributed by atoms with Gasteiger partial charge in [0.1, 0.15) is 6.54 Å². The van der Waals surface area contributed by atoms with Gasteiger partial charge in [-0.25, -0.2) is 4.79 Å². The SMILES string of the molecule is CCOC(=O)COc1ccc(/C=C2\SC(=O)N(CC(=O)OC(C)C)C2=O)cc1OCC. The quantitative estimate of drug-likeness (QED) is 0.392. The minimum Gasteiger partial charge on any atom is -0.490 e. The predicted octanol–water partition coefficient (Wildman–Crippen LogP) is 3.02. The van der Waals surface area contributed by atoms with Crippen LogP contribution in [0.2, 0.25) is 0 Å². The molecule has 1 aromatic carbocycles. The maximum atomic E-state index is 12.6. The molecule has 10 heteroatoms. The molecular formula is C21H25NO8S. The molecule has 1 saturated heterocycles. The van der Waals surface area contributed by atoms with E-state index in [0.29, 0.717) is 23.7 Å². The lowest BCUT2D eigenvalue weighted by atomic mass is 10.2. The third-order valence-electron chi connectivity index (χ3n) is 3.74. The second kappa shape index (κ2) is 11.4. The predicted molar refractivity (Wildman–Crippen MR) is 114 cm³/mol. The van der Waals surface area contributed by atoms with Crippen LogP contribution in [0, 0.1) is 0 Å². The van der Waals surface area contributed by atoms with Crippen LogP contribution in [0.15, 0.2) is 23.1 Å². The van der Waals surface area contributed by atoms with Gasteiger partial charge < -0.3 is 18.9 Å². The molecule has 31 heavy (non-hydrogen) atoms. The normalized spacial score (nSPS) is 14.9. The Hall–Kier alpha value is -3.01. The van der Waals surface area contributed by atoms with E-state index >= 15 is 0 Å². The number of rotatable bonds is 10. The molecule has 2 rings (SSSR count). The zero-order valence-electron chi connectivity index (χ0n) is 17.8. The standard InChI is InChI=1S/C21H25NO8S/c1-5-27-16-9-14(7-8-15(16)29-12-19(24)28-6-2)10-17-20(25)22(21(26)31-17)11-18(23)30-13(3)4/h7-10,13H,5-6,11-12H2,1-4H3/b17-10-. The van der Waals surface area contributed by atoms with Crippen LogP contribution in [0.3, 0.4) is 0 Å². The molecule has 9 nitrogen and oxygen atoms in total. The summed E-state index contributed by atoms with van der Waals surface area (Å²) < 4.78 is 20.8. The Kier molecular flexibility index (Phi) is 8.92. The third kappa shape index (κ3) is 7.02. The molecule has 2 amide bonds. The van der Waals surface area contributed by atoms with E-state index in [0.717, 1.165) is 16.7 Å². The highest BCUT2D eigenvalue weighted by molar-refractivity contribution is 8.18. The van der Waals surface area contributed by atoms with Crippen LogP contribution < -0.4 is 9.47 Å². The van der Waals surface area contributed by atoms with E-state index in [1.807, 2.05) is 0 Å². The third-order valence-corrected chi connectivity index (χ3v) is 4.65. The first-order valence-corrected chi connectivity index (χ1v) is 10.6. The Bertz CT molecular complexity index is 880. The van der Waals surface area contributed by atoms with Crippen molar-refractivity contribution in [3.8, 4) is 11.5 Å². The number of carbonyl (C=O) groups is 4. The first-order valence-electron chi connectivity index (χ1n) is 9.75. The average Bonchev–Trinajstić information content (AvgIpc) is 2.94. The summed E-state index contributed by atoms with van der Waals surface area (Å²) in [7, 11) is 0. The summed E-state index contributed by atoms with van der Waals surface area (Å²) in [4.78, 5) is 49.1. The molecule has 1 aromatic rings. The number of nitrogens with zero attached hydrogens (tertiary/aromatic N) is 1. The highest BCUT2D eigenvalue weighted by Crippen LogP contribution is 2.34. The summed E-state index contributed by atoms with van der Waals surface area (Å²) in [5.41, 5.74) is 0.585. The number of hydrogen-bond donors (Lipinski definition) is 0. The van der Waals surface area contributed by atoms with Crippen molar-refractivity contribution in [3.63, 3.8) is 0 Å². The van der Waals surface area contributed by atoms with Gasteiger partial charge in [0.25, 0.3) is 11.1 Å². The second-order valence-corrected chi connectivity index (χ2v) is 7.53. The summed E-state index contributed by atoms with van der Waals surface area (Å²) in [6.07, 6.45) is 1.18. The number of hydrogen-bond acceptors (Lipinski definition) is 9. The van der Waals surface area contributed by atoms with Gasteiger partial charge in [-0.15, -0.1) is 0 Å². The smallest absolute Gasteiger partial charge is 0.344 e. The molecule has 0 N–H and O–H groups in total. The van der Waals surface area contributed by atoms with Gasteiger partial charge in [0.15, 0.2) is 18.1 Å². The van der Waals surface area contributed by atoms with Gasteiger partial charge in [-0.05, 0) is 63.2 Å². The van der Waals surface area contributed by atoms with Crippen LogP contribution in [0.5, 0.6) is 11.5 Å². The molecule has 0 unspecified atom stereocenters. The molecule has 168 valence electrons. The Balaban J connectivity index is 2.15. The first-order chi connectivity index (χ1) is 14.7. The topological polar surface area (TPSA) is 108 Å². The van der Waals surface area contributed by atoms with E-state index in [2.05, 4.69) is 0 Å². The maximum Gasteiger partial charge on any atom is 0.344 e. The molecule has 0 bridgehead atoms. The summed E-state index contributed by atoms with van der Waals surface area (Å²) in [5.74, 6) is -1.01. The molecule has 0 spiro atoms. The van der Waals surface area contributed by atoms with Crippen molar-refractivity contribution < 1.29 is 38.1 Å². The molecule has 1 aliphatic heterocycles. The minimum absolute atomic E-state index is 0.171. The number of esters is 2. The van der Waals surface area contributed by atoms with Crippen molar-refractivity contribution >= 4 is 40.9 Å². The fourth-order valence-electron chi connectivity index (χ4n) is 2.56. The molecule has 0 aromatic heterocycles. The highest BCUT2D eigenvalue weighted by atomic mass is 32.2. The van der Waals surface area contributed by atoms with Gasteiger partial charge in [-0.2, -0.15) is 0 Å². The number of benzene rings is 1. The van der Waals surface area contributed by atoms with Gasteiger partial charge in [0, 0.05) is 0 Å². The Morgan fingerprint density at radius 1 is 1.06 bits per heavy atom. The van der Waals surface area contributed by atoms with Crippen molar-refractivity contribution in [2.24, 2.45) is 0 Å². The van der Waals surface area contributed by atoms with Gasteiger partial charge >= 0.3 is 11.9 Å². The van der Waals surface area contributed by atoms with Gasteiger partial charge in [0.2, 0.25) is 0 Å². The Morgan fingerprint density at radius 3 is 2.45 bits per heavy atom. The van der Waals surface area contributed by atoms with Crippen LogP contribution in [0.1, 0.15) is 33.3 Å². The van der Waals surface area contributed by atoms with E-state index < -0.39 is 29.6 Å². The minimum atomic E-state index is -0.653. The molecular weight excluding hydrogens is 426 g/mol. The van der Waals surface area contributed by atoms with Crippen molar-refractivity contribution in [2.75, 3.05) is 26.4 Å². The number of carbonyl (C=O) groups excluding carboxylic acids is 4. The fraction of sp³-hybridized carbons (Fsp3) is 0.429. The van der Waals surface area contributed by atoms with E-state index in [-0.39, 0.29) is 24.2 Å². The monoisotopic (exact) mass is 451 g/mol. The highest BCUT2D eigenvalue weighted by Gasteiger charge is 2.36. The lowest BCUT2D eigenvalue weighted by Crippen LogP contribution is -2.35. The number of thioether (sulfide) groups is 1. The molecule has 1 heterocycles. The van der Waals surface area contributed by atoms with Crippen molar-refractivity contribution in [3.05, 3.63) is 28.7 Å².